The van der Waals surface area contributed by atoms with Crippen molar-refractivity contribution in [2.75, 3.05) is 26.2 Å². The van der Waals surface area contributed by atoms with E-state index < -0.39 is 0 Å². The van der Waals surface area contributed by atoms with Crippen molar-refractivity contribution in [1.29, 1.82) is 0 Å². The maximum atomic E-state index is 9.52. The van der Waals surface area contributed by atoms with Crippen LogP contribution in [0.3, 0.4) is 0 Å². The van der Waals surface area contributed by atoms with Crippen molar-refractivity contribution in [3.05, 3.63) is 30.0 Å². The number of piperidine rings is 1. The van der Waals surface area contributed by atoms with Crippen molar-refractivity contribution in [2.24, 2.45) is 0 Å². The third kappa shape index (κ3) is 2.73. The number of hydrogen-bond donors (Lipinski definition) is 1. The van der Waals surface area contributed by atoms with Gasteiger partial charge in [-0.05, 0) is 64.0 Å². The highest BCUT2D eigenvalue weighted by atomic mass is 16.3. The Hall–Kier alpha value is -1.52. The van der Waals surface area contributed by atoms with Crippen LogP contribution in [0.25, 0.3) is 11.0 Å². The van der Waals surface area contributed by atoms with Crippen LogP contribution in [-0.4, -0.2) is 47.1 Å². The topological polar surface area (TPSA) is 39.9 Å². The van der Waals surface area contributed by atoms with E-state index >= 15 is 0 Å². The molecule has 0 amide bonds. The van der Waals surface area contributed by atoms with Crippen molar-refractivity contribution in [3.63, 3.8) is 0 Å². The zero-order chi connectivity index (χ0) is 14.9. The van der Waals surface area contributed by atoms with Crippen molar-refractivity contribution >= 4 is 11.0 Å². The molecule has 4 heteroatoms. The number of rotatable bonds is 3. The van der Waals surface area contributed by atoms with Gasteiger partial charge in [-0.2, -0.15) is 0 Å². The maximum absolute atomic E-state index is 9.52. The number of aromatic hydroxyl groups is 1. The van der Waals surface area contributed by atoms with Gasteiger partial charge in [0, 0.05) is 29.6 Å². The van der Waals surface area contributed by atoms with Gasteiger partial charge < -0.3 is 14.4 Å². The summed E-state index contributed by atoms with van der Waals surface area (Å²) < 4.78 is 5.58. The Morgan fingerprint density at radius 1 is 1.09 bits per heavy atom. The molecule has 1 N–H and O–H groups in total. The van der Waals surface area contributed by atoms with E-state index in [0.29, 0.717) is 0 Å². The number of phenolic OH excluding ortho intramolecular Hbond substituents is 1. The highest BCUT2D eigenvalue weighted by molar-refractivity contribution is 5.82. The smallest absolute Gasteiger partial charge is 0.137 e. The molecule has 2 aromatic rings. The Bertz CT molecular complexity index is 638. The molecule has 2 saturated heterocycles. The first-order chi connectivity index (χ1) is 10.8. The van der Waals surface area contributed by atoms with E-state index in [9.17, 15) is 5.11 Å². The fourth-order valence-electron chi connectivity index (χ4n) is 3.98. The molecule has 0 bridgehead atoms. The van der Waals surface area contributed by atoms with Gasteiger partial charge in [-0.3, -0.25) is 4.90 Å². The third-order valence-corrected chi connectivity index (χ3v) is 5.25. The van der Waals surface area contributed by atoms with Gasteiger partial charge in [-0.15, -0.1) is 0 Å². The number of likely N-dealkylation sites (tertiary alicyclic amines) is 2. The monoisotopic (exact) mass is 300 g/mol. The number of nitrogens with zero attached hydrogens (tertiary/aromatic N) is 2. The molecule has 4 rings (SSSR count). The van der Waals surface area contributed by atoms with Gasteiger partial charge in [0.05, 0.1) is 6.26 Å². The number of phenols is 1. The molecule has 0 aliphatic carbocycles. The van der Waals surface area contributed by atoms with E-state index in [-0.39, 0.29) is 5.75 Å². The Kier molecular flexibility index (Phi) is 3.80. The largest absolute Gasteiger partial charge is 0.508 e. The molecule has 0 radical (unpaired) electrons. The fourth-order valence-corrected chi connectivity index (χ4v) is 3.98. The number of fused-ring (bicyclic) bond motifs is 1. The van der Waals surface area contributed by atoms with Crippen LogP contribution >= 0.6 is 0 Å². The molecule has 1 aromatic carbocycles. The SMILES string of the molecule is Oc1ccc2c(CN3CCC(N4CCCC4)CC3)coc2c1. The van der Waals surface area contributed by atoms with Gasteiger partial charge in [0.15, 0.2) is 0 Å². The highest BCUT2D eigenvalue weighted by Gasteiger charge is 2.26. The quantitative estimate of drug-likeness (QED) is 0.945. The minimum absolute atomic E-state index is 0.264. The molecular formula is C18H24N2O2. The fraction of sp³-hybridized carbons (Fsp3) is 0.556. The predicted octanol–water partition coefficient (Wildman–Crippen LogP) is 3.20. The lowest BCUT2D eigenvalue weighted by Gasteiger charge is -2.36. The van der Waals surface area contributed by atoms with Crippen LogP contribution in [0.2, 0.25) is 0 Å². The summed E-state index contributed by atoms with van der Waals surface area (Å²) in [7, 11) is 0. The maximum Gasteiger partial charge on any atom is 0.137 e. The van der Waals surface area contributed by atoms with Gasteiger partial charge in [-0.25, -0.2) is 0 Å². The molecule has 0 saturated carbocycles. The molecule has 0 atom stereocenters. The summed E-state index contributed by atoms with van der Waals surface area (Å²) in [6.45, 7) is 5.91. The van der Waals surface area contributed by atoms with Crippen molar-refractivity contribution in [3.8, 4) is 5.75 Å². The zero-order valence-electron chi connectivity index (χ0n) is 13.0. The first kappa shape index (κ1) is 14.1. The molecule has 1 aromatic heterocycles. The molecule has 118 valence electrons. The van der Waals surface area contributed by atoms with Crippen LogP contribution in [0, 0.1) is 0 Å². The second kappa shape index (κ2) is 5.94. The molecule has 2 aliphatic heterocycles. The van der Waals surface area contributed by atoms with Gasteiger partial charge >= 0.3 is 0 Å². The number of hydrogen-bond acceptors (Lipinski definition) is 4. The molecule has 2 aliphatic rings. The van der Waals surface area contributed by atoms with Crippen molar-refractivity contribution in [1.82, 2.24) is 9.80 Å². The molecule has 0 unspecified atom stereocenters. The van der Waals surface area contributed by atoms with E-state index in [1.54, 1.807) is 12.1 Å². The number of furan rings is 1. The summed E-state index contributed by atoms with van der Waals surface area (Å²) in [4.78, 5) is 5.22. The lowest BCUT2D eigenvalue weighted by molar-refractivity contribution is 0.123. The van der Waals surface area contributed by atoms with E-state index in [1.165, 1.54) is 57.4 Å². The summed E-state index contributed by atoms with van der Waals surface area (Å²) in [5, 5.41) is 10.6. The normalized spacial score (nSPS) is 21.8. The van der Waals surface area contributed by atoms with Crippen LogP contribution in [0.5, 0.6) is 5.75 Å². The summed E-state index contributed by atoms with van der Waals surface area (Å²) in [5.74, 6) is 0.264. The lowest BCUT2D eigenvalue weighted by atomic mass is 10.0. The van der Waals surface area contributed by atoms with E-state index in [0.717, 1.165) is 23.6 Å². The summed E-state index contributed by atoms with van der Waals surface area (Å²) >= 11 is 0. The second-order valence-corrected chi connectivity index (χ2v) is 6.69. The molecular weight excluding hydrogens is 276 g/mol. The van der Waals surface area contributed by atoms with Crippen LogP contribution in [0.4, 0.5) is 0 Å². The van der Waals surface area contributed by atoms with E-state index in [4.69, 9.17) is 4.42 Å². The molecule has 4 nitrogen and oxygen atoms in total. The Morgan fingerprint density at radius 2 is 1.86 bits per heavy atom. The first-order valence-corrected chi connectivity index (χ1v) is 8.45. The summed E-state index contributed by atoms with van der Waals surface area (Å²) in [5.41, 5.74) is 2.01. The Labute approximate surface area is 131 Å². The molecule has 22 heavy (non-hydrogen) atoms. The average Bonchev–Trinajstić information content (AvgIpc) is 3.18. The Morgan fingerprint density at radius 3 is 2.64 bits per heavy atom. The van der Waals surface area contributed by atoms with Crippen LogP contribution in [0.1, 0.15) is 31.2 Å². The summed E-state index contributed by atoms with van der Waals surface area (Å²) in [6, 6.07) is 6.19. The van der Waals surface area contributed by atoms with Gasteiger partial charge in [0.25, 0.3) is 0 Å². The minimum atomic E-state index is 0.264. The summed E-state index contributed by atoms with van der Waals surface area (Å²) in [6.07, 6.45) is 7.19. The molecule has 3 heterocycles. The van der Waals surface area contributed by atoms with Crippen molar-refractivity contribution < 1.29 is 9.52 Å². The average molecular weight is 300 g/mol. The second-order valence-electron chi connectivity index (χ2n) is 6.69. The Balaban J connectivity index is 1.39. The standard InChI is InChI=1S/C18H24N2O2/c21-16-3-4-17-14(13-22-18(17)11-16)12-19-9-5-15(6-10-19)20-7-1-2-8-20/h3-4,11,13,15,21H,1-2,5-10,12H2. The van der Waals surface area contributed by atoms with Crippen LogP contribution in [0.15, 0.2) is 28.9 Å². The van der Waals surface area contributed by atoms with Gasteiger partial charge in [-0.1, -0.05) is 0 Å². The van der Waals surface area contributed by atoms with Crippen molar-refractivity contribution in [2.45, 2.75) is 38.3 Å². The lowest BCUT2D eigenvalue weighted by Crippen LogP contribution is -2.43. The van der Waals surface area contributed by atoms with E-state index in [2.05, 4.69) is 9.80 Å². The number of benzene rings is 1. The minimum Gasteiger partial charge on any atom is -0.508 e. The third-order valence-electron chi connectivity index (χ3n) is 5.25. The van der Waals surface area contributed by atoms with E-state index in [1.807, 2.05) is 12.3 Å². The van der Waals surface area contributed by atoms with Crippen LogP contribution in [-0.2, 0) is 6.54 Å². The first-order valence-electron chi connectivity index (χ1n) is 8.45. The van der Waals surface area contributed by atoms with Gasteiger partial charge in [0.1, 0.15) is 11.3 Å². The molecule has 2 fully saturated rings. The highest BCUT2D eigenvalue weighted by Crippen LogP contribution is 2.27. The zero-order valence-corrected chi connectivity index (χ0v) is 13.0. The predicted molar refractivity (Wildman–Crippen MR) is 87.0 cm³/mol. The molecule has 0 spiro atoms. The van der Waals surface area contributed by atoms with Crippen LogP contribution < -0.4 is 0 Å². The van der Waals surface area contributed by atoms with Gasteiger partial charge in [0.2, 0.25) is 0 Å².